The number of benzene rings is 1. The first kappa shape index (κ1) is 20.6. The van der Waals surface area contributed by atoms with E-state index in [0.717, 1.165) is 16.9 Å². The monoisotopic (exact) mass is 417 g/mol. The zero-order valence-electron chi connectivity index (χ0n) is 16.2. The molecule has 3 rings (SSSR count). The first-order valence-electron chi connectivity index (χ1n) is 9.00. The summed E-state index contributed by atoms with van der Waals surface area (Å²) in [6.07, 6.45) is 1.65. The van der Waals surface area contributed by atoms with Gasteiger partial charge in [0.2, 0.25) is 15.9 Å². The van der Waals surface area contributed by atoms with Crippen molar-refractivity contribution in [2.75, 3.05) is 36.1 Å². The highest BCUT2D eigenvalue weighted by atomic mass is 32.2. The quantitative estimate of drug-likeness (QED) is 0.434. The molecule has 154 valence electrons. The first-order valence-corrected chi connectivity index (χ1v) is 10.7. The second-order valence-corrected chi connectivity index (χ2v) is 8.11. The highest BCUT2D eigenvalue weighted by Crippen LogP contribution is 2.24. The molecule has 0 aliphatic heterocycles. The zero-order valence-corrected chi connectivity index (χ0v) is 17.0. The van der Waals surface area contributed by atoms with Crippen LogP contribution >= 0.6 is 0 Å². The third kappa shape index (κ3) is 5.93. The Kier molecular flexibility index (Phi) is 6.68. The Morgan fingerprint density at radius 2 is 1.86 bits per heavy atom. The molecule has 0 radical (unpaired) electrons. The van der Waals surface area contributed by atoms with Crippen LogP contribution in [0.2, 0.25) is 0 Å². The summed E-state index contributed by atoms with van der Waals surface area (Å²) in [5, 5.41) is 10.4. The smallest absolute Gasteiger partial charge is 0.232 e. The molecule has 0 fully saturated rings. The van der Waals surface area contributed by atoms with Gasteiger partial charge in [0.1, 0.15) is 6.61 Å². The molecule has 2 aromatic heterocycles. The summed E-state index contributed by atoms with van der Waals surface area (Å²) in [4.78, 5) is 4.15. The maximum atomic E-state index is 11.6. The molecule has 0 spiro atoms. The predicted molar refractivity (Wildman–Crippen MR) is 112 cm³/mol. The second kappa shape index (κ2) is 9.39. The maximum absolute atomic E-state index is 11.6. The van der Waals surface area contributed by atoms with Crippen molar-refractivity contribution in [1.82, 2.24) is 15.2 Å². The van der Waals surface area contributed by atoms with E-state index in [1.54, 1.807) is 38.4 Å². The van der Waals surface area contributed by atoms with Gasteiger partial charge in [0, 0.05) is 36.8 Å². The van der Waals surface area contributed by atoms with E-state index in [4.69, 9.17) is 9.47 Å². The number of hydrogen-bond acceptors (Lipinski definition) is 7. The molecular formula is C19H23N5O4S. The van der Waals surface area contributed by atoms with Gasteiger partial charge in [-0.3, -0.25) is 9.82 Å². The number of H-pyrrole nitrogens is 1. The van der Waals surface area contributed by atoms with Crippen LogP contribution in [0.25, 0.3) is 11.3 Å². The van der Waals surface area contributed by atoms with Crippen LogP contribution < -0.4 is 14.8 Å². The summed E-state index contributed by atoms with van der Waals surface area (Å²) < 4.78 is 36.3. The molecule has 2 heterocycles. The van der Waals surface area contributed by atoms with Gasteiger partial charge in [-0.05, 0) is 30.7 Å². The van der Waals surface area contributed by atoms with Crippen LogP contribution in [0.4, 0.5) is 17.2 Å². The van der Waals surface area contributed by atoms with E-state index in [0.29, 0.717) is 30.6 Å². The molecule has 0 amide bonds. The van der Waals surface area contributed by atoms with Crippen molar-refractivity contribution in [2.45, 2.75) is 6.92 Å². The fourth-order valence-electron chi connectivity index (χ4n) is 2.45. The van der Waals surface area contributed by atoms with Crippen LogP contribution in [0, 0.1) is 0 Å². The number of nitrogens with one attached hydrogen (secondary N) is 3. The number of ether oxygens (including phenoxy) is 2. The molecule has 10 heteroatoms. The lowest BCUT2D eigenvalue weighted by Crippen LogP contribution is -2.14. The molecule has 3 N–H and O–H groups in total. The van der Waals surface area contributed by atoms with Gasteiger partial charge in [-0.1, -0.05) is 12.1 Å². The van der Waals surface area contributed by atoms with E-state index in [-0.39, 0.29) is 5.75 Å². The van der Waals surface area contributed by atoms with Crippen molar-refractivity contribution in [2.24, 2.45) is 0 Å². The summed E-state index contributed by atoms with van der Waals surface area (Å²) in [7, 11) is -1.68. The number of aromatic amines is 1. The lowest BCUT2D eigenvalue weighted by Gasteiger charge is -2.07. The molecule has 1 aromatic carbocycles. The number of sulfonamides is 1. The van der Waals surface area contributed by atoms with Gasteiger partial charge in [0.05, 0.1) is 18.1 Å². The zero-order chi connectivity index (χ0) is 20.7. The Morgan fingerprint density at radius 1 is 1.07 bits per heavy atom. The molecule has 0 bridgehead atoms. The molecule has 29 heavy (non-hydrogen) atoms. The minimum absolute atomic E-state index is 0.0263. The standard InChI is InChI=1S/C19H23N5O4S/c1-3-29(25,26)24-15-6-4-14(5-7-15)17-13-18(23-22-17)21-16-8-9-20-19(12-16)28-11-10-27-2/h4-9,12-13,24H,3,10-11H2,1-2H3,(H2,20,21,22,23). The number of aromatic nitrogens is 3. The average Bonchev–Trinajstić information content (AvgIpc) is 3.17. The van der Waals surface area contributed by atoms with Crippen molar-refractivity contribution in [3.63, 3.8) is 0 Å². The second-order valence-electron chi connectivity index (χ2n) is 6.10. The lowest BCUT2D eigenvalue weighted by atomic mass is 10.1. The van der Waals surface area contributed by atoms with Gasteiger partial charge in [-0.2, -0.15) is 5.10 Å². The minimum Gasteiger partial charge on any atom is -0.475 e. The highest BCUT2D eigenvalue weighted by Gasteiger charge is 2.08. The number of anilines is 3. The molecule has 0 aliphatic carbocycles. The van der Waals surface area contributed by atoms with E-state index < -0.39 is 10.0 Å². The van der Waals surface area contributed by atoms with Crippen molar-refractivity contribution in [3.05, 3.63) is 48.7 Å². The minimum atomic E-state index is -3.29. The number of nitrogens with zero attached hydrogens (tertiary/aromatic N) is 2. The van der Waals surface area contributed by atoms with Gasteiger partial charge in [-0.15, -0.1) is 0 Å². The summed E-state index contributed by atoms with van der Waals surface area (Å²) in [5.74, 6) is 1.15. The predicted octanol–water partition coefficient (Wildman–Crippen LogP) is 3.00. The fraction of sp³-hybridized carbons (Fsp3) is 0.263. The van der Waals surface area contributed by atoms with Crippen molar-refractivity contribution < 1.29 is 17.9 Å². The van der Waals surface area contributed by atoms with Gasteiger partial charge < -0.3 is 14.8 Å². The molecule has 3 aromatic rings. The molecule has 9 nitrogen and oxygen atoms in total. The number of hydrogen-bond donors (Lipinski definition) is 3. The van der Waals surface area contributed by atoms with Gasteiger partial charge in [0.15, 0.2) is 5.82 Å². The van der Waals surface area contributed by atoms with E-state index in [1.165, 1.54) is 0 Å². The molecule has 0 saturated heterocycles. The van der Waals surface area contributed by atoms with Crippen LogP contribution in [0.3, 0.4) is 0 Å². The third-order valence-electron chi connectivity index (χ3n) is 3.97. The average molecular weight is 417 g/mol. The SMILES string of the molecule is CCS(=O)(=O)Nc1ccc(-c2cc(Nc3ccnc(OCCOC)c3)n[nH]2)cc1. The van der Waals surface area contributed by atoms with Crippen LogP contribution in [-0.2, 0) is 14.8 Å². The largest absolute Gasteiger partial charge is 0.475 e. The Morgan fingerprint density at radius 3 is 2.59 bits per heavy atom. The van der Waals surface area contributed by atoms with Crippen LogP contribution in [0.1, 0.15) is 6.92 Å². The normalized spacial score (nSPS) is 11.2. The number of methoxy groups -OCH3 is 1. The van der Waals surface area contributed by atoms with E-state index in [1.807, 2.05) is 24.3 Å². The van der Waals surface area contributed by atoms with Crippen molar-refractivity contribution >= 4 is 27.2 Å². The lowest BCUT2D eigenvalue weighted by molar-refractivity contribution is 0.144. The molecule has 0 atom stereocenters. The topological polar surface area (TPSA) is 118 Å². The number of rotatable bonds is 10. The fourth-order valence-corrected chi connectivity index (χ4v) is 3.09. The van der Waals surface area contributed by atoms with Crippen LogP contribution in [0.5, 0.6) is 5.88 Å². The van der Waals surface area contributed by atoms with Gasteiger partial charge in [-0.25, -0.2) is 13.4 Å². The maximum Gasteiger partial charge on any atom is 0.232 e. The summed E-state index contributed by atoms with van der Waals surface area (Å²) in [6.45, 7) is 2.50. The van der Waals surface area contributed by atoms with E-state index >= 15 is 0 Å². The summed E-state index contributed by atoms with van der Waals surface area (Å²) in [5.41, 5.74) is 2.98. The van der Waals surface area contributed by atoms with Crippen molar-refractivity contribution in [1.29, 1.82) is 0 Å². The molecule has 0 saturated carbocycles. The van der Waals surface area contributed by atoms with Crippen LogP contribution in [0.15, 0.2) is 48.7 Å². The molecule has 0 aliphatic rings. The summed E-state index contributed by atoms with van der Waals surface area (Å²) >= 11 is 0. The Balaban J connectivity index is 1.66. The van der Waals surface area contributed by atoms with Gasteiger partial charge in [0.25, 0.3) is 0 Å². The Hall–Kier alpha value is -3.11. The van der Waals surface area contributed by atoms with Gasteiger partial charge >= 0.3 is 0 Å². The Labute approximate surface area is 169 Å². The van der Waals surface area contributed by atoms with Crippen molar-refractivity contribution in [3.8, 4) is 17.1 Å². The molecular weight excluding hydrogens is 394 g/mol. The van der Waals surface area contributed by atoms with E-state index in [9.17, 15) is 8.42 Å². The van der Waals surface area contributed by atoms with E-state index in [2.05, 4.69) is 25.2 Å². The molecule has 0 unspecified atom stereocenters. The summed E-state index contributed by atoms with van der Waals surface area (Å²) in [6, 6.07) is 12.5. The first-order chi connectivity index (χ1) is 14.0. The Bertz CT molecular complexity index is 1030. The number of pyridine rings is 1. The third-order valence-corrected chi connectivity index (χ3v) is 5.28. The highest BCUT2D eigenvalue weighted by molar-refractivity contribution is 7.92. The van der Waals surface area contributed by atoms with Crippen LogP contribution in [-0.4, -0.2) is 49.7 Å².